The van der Waals surface area contributed by atoms with Gasteiger partial charge in [0.05, 0.1) is 6.54 Å². The highest BCUT2D eigenvalue weighted by atomic mass is 16.1. The number of nitrogens with zero attached hydrogens (tertiary/aromatic N) is 3. The zero-order chi connectivity index (χ0) is 15.2. The summed E-state index contributed by atoms with van der Waals surface area (Å²) in [6.45, 7) is 2.69. The van der Waals surface area contributed by atoms with E-state index in [1.807, 2.05) is 24.3 Å². The summed E-state index contributed by atoms with van der Waals surface area (Å²) in [5, 5.41) is 10.4. The van der Waals surface area contributed by atoms with Crippen LogP contribution in [0.1, 0.15) is 24.8 Å². The van der Waals surface area contributed by atoms with Crippen LogP contribution < -0.4 is 10.6 Å². The van der Waals surface area contributed by atoms with E-state index in [0.717, 1.165) is 37.2 Å². The number of rotatable bonds is 5. The van der Waals surface area contributed by atoms with Gasteiger partial charge >= 0.3 is 0 Å². The molecule has 1 aromatic carbocycles. The van der Waals surface area contributed by atoms with Crippen LogP contribution in [0.25, 0.3) is 0 Å². The number of anilines is 1. The van der Waals surface area contributed by atoms with Gasteiger partial charge in [-0.2, -0.15) is 5.10 Å². The third-order valence-corrected chi connectivity index (χ3v) is 3.95. The molecule has 2 N–H and O–H groups in total. The Bertz CT molecular complexity index is 605. The molecule has 0 bridgehead atoms. The largest absolute Gasteiger partial charge is 0.326 e. The summed E-state index contributed by atoms with van der Waals surface area (Å²) >= 11 is 0. The predicted molar refractivity (Wildman–Crippen MR) is 84.4 cm³/mol. The number of piperidine rings is 1. The van der Waals surface area contributed by atoms with Crippen LogP contribution in [0.15, 0.2) is 36.9 Å². The van der Waals surface area contributed by atoms with Crippen LogP contribution >= 0.6 is 0 Å². The van der Waals surface area contributed by atoms with Crippen LogP contribution in [0.3, 0.4) is 0 Å². The zero-order valence-electron chi connectivity index (χ0n) is 12.5. The van der Waals surface area contributed by atoms with Gasteiger partial charge in [-0.05, 0) is 49.5 Å². The van der Waals surface area contributed by atoms with E-state index in [-0.39, 0.29) is 5.91 Å². The first-order valence-corrected chi connectivity index (χ1v) is 7.71. The van der Waals surface area contributed by atoms with E-state index in [2.05, 4.69) is 20.7 Å². The molecule has 1 saturated heterocycles. The first kappa shape index (κ1) is 14.7. The van der Waals surface area contributed by atoms with Gasteiger partial charge in [-0.3, -0.25) is 4.79 Å². The molecule has 2 heterocycles. The van der Waals surface area contributed by atoms with Gasteiger partial charge in [0.25, 0.3) is 0 Å². The van der Waals surface area contributed by atoms with Crippen LogP contribution in [-0.2, 0) is 11.3 Å². The molecule has 1 amide bonds. The number of nitrogens with one attached hydrogen (secondary N) is 2. The maximum Gasteiger partial charge on any atom is 0.224 e. The Morgan fingerprint density at radius 2 is 2.23 bits per heavy atom. The molecule has 2 aromatic rings. The summed E-state index contributed by atoms with van der Waals surface area (Å²) < 4.78 is 1.76. The van der Waals surface area contributed by atoms with Crippen LogP contribution in [0.2, 0.25) is 0 Å². The topological polar surface area (TPSA) is 71.8 Å². The maximum absolute atomic E-state index is 12.1. The van der Waals surface area contributed by atoms with Gasteiger partial charge in [0, 0.05) is 12.1 Å². The highest BCUT2D eigenvalue weighted by Crippen LogP contribution is 2.18. The van der Waals surface area contributed by atoms with Crippen LogP contribution in [0.5, 0.6) is 0 Å². The van der Waals surface area contributed by atoms with Crippen molar-refractivity contribution in [3.63, 3.8) is 0 Å². The van der Waals surface area contributed by atoms with Crippen molar-refractivity contribution in [1.29, 1.82) is 0 Å². The summed E-state index contributed by atoms with van der Waals surface area (Å²) in [4.78, 5) is 16.1. The summed E-state index contributed by atoms with van der Waals surface area (Å²) in [7, 11) is 0. The average Bonchev–Trinajstić information content (AvgIpc) is 3.01. The van der Waals surface area contributed by atoms with Crippen LogP contribution in [0.4, 0.5) is 5.69 Å². The van der Waals surface area contributed by atoms with E-state index in [1.165, 1.54) is 6.33 Å². The van der Waals surface area contributed by atoms with Crippen LogP contribution in [-0.4, -0.2) is 33.8 Å². The van der Waals surface area contributed by atoms with Crippen molar-refractivity contribution in [2.75, 3.05) is 18.4 Å². The van der Waals surface area contributed by atoms with E-state index < -0.39 is 0 Å². The number of carbonyl (C=O) groups excluding carboxylic acids is 1. The zero-order valence-corrected chi connectivity index (χ0v) is 12.5. The van der Waals surface area contributed by atoms with Gasteiger partial charge in [0.1, 0.15) is 12.7 Å². The van der Waals surface area contributed by atoms with Gasteiger partial charge in [-0.15, -0.1) is 0 Å². The standard InChI is InChI=1S/C16H21N5O/c22-16(9-13-4-6-17-7-5-13)20-15-3-1-2-14(8-15)10-21-12-18-11-19-21/h1-3,8,11-13,17H,4-7,9-10H2,(H,20,22). The van der Waals surface area contributed by atoms with Gasteiger partial charge < -0.3 is 10.6 Å². The predicted octanol–water partition coefficient (Wildman–Crippen LogP) is 1.65. The Labute approximate surface area is 129 Å². The van der Waals surface area contributed by atoms with Crippen molar-refractivity contribution in [2.45, 2.75) is 25.8 Å². The van der Waals surface area contributed by atoms with Crippen LogP contribution in [0, 0.1) is 5.92 Å². The fraction of sp³-hybridized carbons (Fsp3) is 0.438. The fourth-order valence-corrected chi connectivity index (χ4v) is 2.81. The molecule has 116 valence electrons. The Balaban J connectivity index is 1.56. The minimum atomic E-state index is 0.102. The van der Waals surface area contributed by atoms with E-state index in [9.17, 15) is 4.79 Å². The number of amides is 1. The Morgan fingerprint density at radius 3 is 3.00 bits per heavy atom. The van der Waals surface area contributed by atoms with Crippen molar-refractivity contribution in [3.05, 3.63) is 42.5 Å². The molecule has 0 aliphatic carbocycles. The third kappa shape index (κ3) is 4.14. The molecule has 0 spiro atoms. The SMILES string of the molecule is O=C(CC1CCNCC1)Nc1cccc(Cn2cncn2)c1. The van der Waals surface area contributed by atoms with E-state index >= 15 is 0 Å². The molecule has 1 aromatic heterocycles. The van der Waals surface area contributed by atoms with Gasteiger partial charge in [0.2, 0.25) is 5.91 Å². The Morgan fingerprint density at radius 1 is 1.36 bits per heavy atom. The molecule has 6 nitrogen and oxygen atoms in total. The lowest BCUT2D eigenvalue weighted by Crippen LogP contribution is -2.30. The second kappa shape index (κ2) is 7.17. The number of hydrogen-bond acceptors (Lipinski definition) is 4. The number of carbonyl (C=O) groups is 1. The van der Waals surface area contributed by atoms with E-state index in [4.69, 9.17) is 0 Å². The van der Waals surface area contributed by atoms with E-state index in [0.29, 0.717) is 18.9 Å². The number of aromatic nitrogens is 3. The minimum Gasteiger partial charge on any atom is -0.326 e. The fourth-order valence-electron chi connectivity index (χ4n) is 2.81. The molecule has 3 rings (SSSR count). The summed E-state index contributed by atoms with van der Waals surface area (Å²) in [6, 6.07) is 7.88. The normalized spacial score (nSPS) is 15.6. The molecule has 0 radical (unpaired) electrons. The quantitative estimate of drug-likeness (QED) is 0.880. The summed E-state index contributed by atoms with van der Waals surface area (Å²) in [5.74, 6) is 0.601. The first-order chi connectivity index (χ1) is 10.8. The molecular weight excluding hydrogens is 278 g/mol. The lowest BCUT2D eigenvalue weighted by molar-refractivity contribution is -0.117. The highest BCUT2D eigenvalue weighted by molar-refractivity contribution is 5.90. The lowest BCUT2D eigenvalue weighted by atomic mass is 9.94. The molecule has 0 unspecified atom stereocenters. The van der Waals surface area contributed by atoms with Crippen molar-refractivity contribution in [2.24, 2.45) is 5.92 Å². The first-order valence-electron chi connectivity index (χ1n) is 7.71. The van der Waals surface area contributed by atoms with Crippen molar-refractivity contribution < 1.29 is 4.79 Å². The molecule has 22 heavy (non-hydrogen) atoms. The second-order valence-electron chi connectivity index (χ2n) is 5.74. The summed E-state index contributed by atoms with van der Waals surface area (Å²) in [5.41, 5.74) is 1.93. The molecule has 1 fully saturated rings. The Kier molecular flexibility index (Phi) is 4.80. The smallest absolute Gasteiger partial charge is 0.224 e. The van der Waals surface area contributed by atoms with E-state index in [1.54, 1.807) is 11.0 Å². The number of hydrogen-bond donors (Lipinski definition) is 2. The molecule has 6 heteroatoms. The van der Waals surface area contributed by atoms with Crippen molar-refractivity contribution in [1.82, 2.24) is 20.1 Å². The molecule has 0 atom stereocenters. The molecule has 1 aliphatic heterocycles. The minimum absolute atomic E-state index is 0.102. The second-order valence-corrected chi connectivity index (χ2v) is 5.74. The van der Waals surface area contributed by atoms with Gasteiger partial charge in [0.15, 0.2) is 0 Å². The average molecular weight is 299 g/mol. The highest BCUT2D eigenvalue weighted by Gasteiger charge is 2.16. The lowest BCUT2D eigenvalue weighted by Gasteiger charge is -2.21. The van der Waals surface area contributed by atoms with Crippen molar-refractivity contribution in [3.8, 4) is 0 Å². The van der Waals surface area contributed by atoms with Crippen molar-refractivity contribution >= 4 is 11.6 Å². The monoisotopic (exact) mass is 299 g/mol. The maximum atomic E-state index is 12.1. The summed E-state index contributed by atoms with van der Waals surface area (Å²) in [6.07, 6.45) is 5.97. The van der Waals surface area contributed by atoms with Gasteiger partial charge in [-0.25, -0.2) is 9.67 Å². The third-order valence-electron chi connectivity index (χ3n) is 3.95. The Hall–Kier alpha value is -2.21. The molecule has 1 aliphatic rings. The molecular formula is C16H21N5O. The van der Waals surface area contributed by atoms with Gasteiger partial charge in [-0.1, -0.05) is 12.1 Å². The number of benzene rings is 1. The molecule has 0 saturated carbocycles.